The summed E-state index contributed by atoms with van der Waals surface area (Å²) in [5, 5.41) is 3.60. The van der Waals surface area contributed by atoms with E-state index in [1.54, 1.807) is 18.2 Å². The van der Waals surface area contributed by atoms with Crippen molar-refractivity contribution in [2.24, 2.45) is 0 Å². The van der Waals surface area contributed by atoms with E-state index in [1.165, 1.54) is 17.7 Å². The summed E-state index contributed by atoms with van der Waals surface area (Å²) in [5.41, 5.74) is 2.46. The maximum atomic E-state index is 11.9. The van der Waals surface area contributed by atoms with Gasteiger partial charge in [-0.05, 0) is 47.4 Å². The van der Waals surface area contributed by atoms with Gasteiger partial charge in [0.1, 0.15) is 0 Å². The van der Waals surface area contributed by atoms with E-state index >= 15 is 0 Å². The minimum absolute atomic E-state index is 0.372. The molecule has 0 saturated carbocycles. The lowest BCUT2D eigenvalue weighted by atomic mass is 10.0. The van der Waals surface area contributed by atoms with Crippen molar-refractivity contribution in [2.45, 2.75) is 19.8 Å². The number of halogens is 2. The standard InChI is InChI=1S/C20H19Cl2NO3/c1-13(2)14-4-8-17(9-5-14)23-19(24)12-26-20(25)10-6-15-3-7-16(21)11-18(15)22/h3-11,13H,12H2,1-2H3,(H,23,24)/b10-6+. The molecular weight excluding hydrogens is 373 g/mol. The van der Waals surface area contributed by atoms with Crippen LogP contribution in [0.5, 0.6) is 0 Å². The van der Waals surface area contributed by atoms with Crippen molar-refractivity contribution in [3.63, 3.8) is 0 Å². The number of hydrogen-bond donors (Lipinski definition) is 1. The second-order valence-corrected chi connectivity index (χ2v) is 6.78. The fourth-order valence-corrected chi connectivity index (χ4v) is 2.60. The van der Waals surface area contributed by atoms with Crippen LogP contribution in [0.1, 0.15) is 30.9 Å². The maximum absolute atomic E-state index is 11.9. The molecular formula is C20H19Cl2NO3. The predicted molar refractivity (Wildman–Crippen MR) is 106 cm³/mol. The topological polar surface area (TPSA) is 55.4 Å². The van der Waals surface area contributed by atoms with Crippen molar-refractivity contribution in [1.82, 2.24) is 0 Å². The molecule has 2 aromatic carbocycles. The number of nitrogens with one attached hydrogen (secondary N) is 1. The van der Waals surface area contributed by atoms with E-state index in [-0.39, 0.29) is 6.61 Å². The van der Waals surface area contributed by atoms with Gasteiger partial charge in [0.05, 0.1) is 0 Å². The van der Waals surface area contributed by atoms with Gasteiger partial charge in [0, 0.05) is 21.8 Å². The van der Waals surface area contributed by atoms with E-state index in [4.69, 9.17) is 27.9 Å². The number of amides is 1. The number of carbonyl (C=O) groups is 2. The molecule has 0 saturated heterocycles. The fraction of sp³-hybridized carbons (Fsp3) is 0.200. The molecule has 2 rings (SSSR count). The molecule has 0 heterocycles. The quantitative estimate of drug-likeness (QED) is 0.535. The summed E-state index contributed by atoms with van der Waals surface area (Å²) in [6, 6.07) is 12.5. The number of carbonyl (C=O) groups excluding carboxylic acids is 2. The molecule has 0 aromatic heterocycles. The highest BCUT2D eigenvalue weighted by molar-refractivity contribution is 6.35. The van der Waals surface area contributed by atoms with E-state index in [1.807, 2.05) is 24.3 Å². The molecule has 136 valence electrons. The van der Waals surface area contributed by atoms with Gasteiger partial charge in [-0.1, -0.05) is 55.2 Å². The highest BCUT2D eigenvalue weighted by Crippen LogP contribution is 2.22. The molecule has 0 fully saturated rings. The third kappa shape index (κ3) is 6.21. The number of hydrogen-bond acceptors (Lipinski definition) is 3. The Balaban J connectivity index is 1.82. The molecule has 0 spiro atoms. The summed E-state index contributed by atoms with van der Waals surface area (Å²) in [6.07, 6.45) is 2.71. The minimum Gasteiger partial charge on any atom is -0.452 e. The van der Waals surface area contributed by atoms with Crippen LogP contribution in [0, 0.1) is 0 Å². The molecule has 0 aliphatic carbocycles. The highest BCUT2D eigenvalue weighted by Gasteiger charge is 2.07. The molecule has 0 bridgehead atoms. The lowest BCUT2D eigenvalue weighted by Crippen LogP contribution is -2.20. The van der Waals surface area contributed by atoms with Crippen molar-refractivity contribution in [1.29, 1.82) is 0 Å². The smallest absolute Gasteiger partial charge is 0.331 e. The minimum atomic E-state index is -0.638. The largest absolute Gasteiger partial charge is 0.452 e. The third-order valence-corrected chi connectivity index (χ3v) is 4.13. The van der Waals surface area contributed by atoms with Crippen LogP contribution in [0.25, 0.3) is 6.08 Å². The van der Waals surface area contributed by atoms with Gasteiger partial charge in [0.15, 0.2) is 6.61 Å². The highest BCUT2D eigenvalue weighted by atomic mass is 35.5. The van der Waals surface area contributed by atoms with Crippen LogP contribution in [0.4, 0.5) is 5.69 Å². The first-order valence-electron chi connectivity index (χ1n) is 8.05. The first kappa shape index (κ1) is 20.0. The van der Waals surface area contributed by atoms with E-state index in [9.17, 15) is 9.59 Å². The van der Waals surface area contributed by atoms with Gasteiger partial charge >= 0.3 is 5.97 Å². The van der Waals surface area contributed by atoms with Gasteiger partial charge in [0.2, 0.25) is 0 Å². The molecule has 4 nitrogen and oxygen atoms in total. The second-order valence-electron chi connectivity index (χ2n) is 5.93. The molecule has 1 amide bonds. The van der Waals surface area contributed by atoms with Gasteiger partial charge in [-0.25, -0.2) is 4.79 Å². The number of anilines is 1. The Morgan fingerprint density at radius 2 is 1.81 bits per heavy atom. The van der Waals surface area contributed by atoms with Crippen LogP contribution in [-0.2, 0) is 14.3 Å². The van der Waals surface area contributed by atoms with Gasteiger partial charge < -0.3 is 10.1 Å². The Morgan fingerprint density at radius 1 is 1.12 bits per heavy atom. The SMILES string of the molecule is CC(C)c1ccc(NC(=O)COC(=O)/C=C/c2ccc(Cl)cc2Cl)cc1. The van der Waals surface area contributed by atoms with Crippen LogP contribution in [0.3, 0.4) is 0 Å². The molecule has 1 N–H and O–H groups in total. The summed E-state index contributed by atoms with van der Waals surface area (Å²) in [7, 11) is 0. The van der Waals surface area contributed by atoms with Crippen LogP contribution >= 0.6 is 23.2 Å². The van der Waals surface area contributed by atoms with Crippen molar-refractivity contribution in [2.75, 3.05) is 11.9 Å². The molecule has 0 unspecified atom stereocenters. The monoisotopic (exact) mass is 391 g/mol. The summed E-state index contributed by atoms with van der Waals surface area (Å²) in [4.78, 5) is 23.6. The van der Waals surface area contributed by atoms with E-state index < -0.39 is 11.9 Å². The average Bonchev–Trinajstić information content (AvgIpc) is 2.59. The predicted octanol–water partition coefficient (Wildman–Crippen LogP) is 5.31. The number of benzene rings is 2. The summed E-state index contributed by atoms with van der Waals surface area (Å²) >= 11 is 11.8. The summed E-state index contributed by atoms with van der Waals surface area (Å²) in [6.45, 7) is 3.82. The van der Waals surface area contributed by atoms with Crippen molar-refractivity contribution in [3.05, 3.63) is 69.7 Å². The molecule has 2 aromatic rings. The van der Waals surface area contributed by atoms with Crippen LogP contribution in [-0.4, -0.2) is 18.5 Å². The lowest BCUT2D eigenvalue weighted by molar-refractivity contribution is -0.142. The Morgan fingerprint density at radius 3 is 2.42 bits per heavy atom. The Kier molecular flexibility index (Phi) is 7.25. The van der Waals surface area contributed by atoms with E-state index in [2.05, 4.69) is 19.2 Å². The van der Waals surface area contributed by atoms with Crippen LogP contribution < -0.4 is 5.32 Å². The van der Waals surface area contributed by atoms with Crippen LogP contribution in [0.15, 0.2) is 48.5 Å². The van der Waals surface area contributed by atoms with Crippen molar-refractivity contribution in [3.8, 4) is 0 Å². The molecule has 6 heteroatoms. The first-order valence-corrected chi connectivity index (χ1v) is 8.80. The molecule has 0 aliphatic rings. The zero-order valence-electron chi connectivity index (χ0n) is 14.5. The normalized spacial score (nSPS) is 11.0. The zero-order chi connectivity index (χ0) is 19.1. The molecule has 0 aliphatic heterocycles. The van der Waals surface area contributed by atoms with Crippen LogP contribution in [0.2, 0.25) is 10.0 Å². The van der Waals surface area contributed by atoms with Gasteiger partial charge in [-0.15, -0.1) is 0 Å². The first-order chi connectivity index (χ1) is 12.3. The van der Waals surface area contributed by atoms with Gasteiger partial charge in [0.25, 0.3) is 5.91 Å². The summed E-state index contributed by atoms with van der Waals surface area (Å²) in [5.74, 6) is -0.628. The number of esters is 1. The fourth-order valence-electron chi connectivity index (χ4n) is 2.13. The Bertz CT molecular complexity index is 814. The molecule has 26 heavy (non-hydrogen) atoms. The van der Waals surface area contributed by atoms with E-state index in [0.29, 0.717) is 27.2 Å². The number of rotatable bonds is 6. The lowest BCUT2D eigenvalue weighted by Gasteiger charge is -2.08. The van der Waals surface area contributed by atoms with Crippen molar-refractivity contribution < 1.29 is 14.3 Å². The maximum Gasteiger partial charge on any atom is 0.331 e. The number of ether oxygens (including phenoxy) is 1. The van der Waals surface area contributed by atoms with Crippen molar-refractivity contribution >= 4 is 46.8 Å². The summed E-state index contributed by atoms with van der Waals surface area (Å²) < 4.78 is 4.92. The Hall–Kier alpha value is -2.30. The molecule has 0 radical (unpaired) electrons. The molecule has 0 atom stereocenters. The zero-order valence-corrected chi connectivity index (χ0v) is 16.0. The third-order valence-electron chi connectivity index (χ3n) is 3.57. The van der Waals surface area contributed by atoms with E-state index in [0.717, 1.165) is 0 Å². The van der Waals surface area contributed by atoms with Gasteiger partial charge in [-0.3, -0.25) is 4.79 Å². The second kappa shape index (κ2) is 9.41. The Labute approximate surface area is 162 Å². The average molecular weight is 392 g/mol. The van der Waals surface area contributed by atoms with Gasteiger partial charge in [-0.2, -0.15) is 0 Å².